The van der Waals surface area contributed by atoms with Crippen LogP contribution >= 0.6 is 24.0 Å². The first-order chi connectivity index (χ1) is 9.15. The summed E-state index contributed by atoms with van der Waals surface area (Å²) in [5.74, 6) is 0.906. The highest BCUT2D eigenvalue weighted by Crippen LogP contribution is 2.21. The molecule has 0 saturated carbocycles. The molecule has 0 amide bonds. The molecule has 2 N–H and O–H groups in total. The molecule has 0 rings (SSSR count). The van der Waals surface area contributed by atoms with Gasteiger partial charge in [0.1, 0.15) is 0 Å². The lowest BCUT2D eigenvalue weighted by atomic mass is 9.89. The molecule has 5 heteroatoms. The molecule has 0 aliphatic carbocycles. The van der Waals surface area contributed by atoms with Gasteiger partial charge in [-0.2, -0.15) is 0 Å². The number of hydrogen-bond acceptors (Lipinski definition) is 2. The number of likely N-dealkylation sites (N-methyl/N-ethyl adjacent to an activating group) is 1. The summed E-state index contributed by atoms with van der Waals surface area (Å²) < 4.78 is 0. The summed E-state index contributed by atoms with van der Waals surface area (Å²) in [6.07, 6.45) is 2.38. The monoisotopic (exact) mass is 412 g/mol. The van der Waals surface area contributed by atoms with E-state index >= 15 is 0 Å². The van der Waals surface area contributed by atoms with Gasteiger partial charge < -0.3 is 15.5 Å². The Morgan fingerprint density at radius 3 is 2.19 bits per heavy atom. The molecule has 0 heterocycles. The summed E-state index contributed by atoms with van der Waals surface area (Å²) >= 11 is 0. The summed E-state index contributed by atoms with van der Waals surface area (Å²) in [5, 5.41) is 6.84. The summed E-state index contributed by atoms with van der Waals surface area (Å²) in [7, 11) is 3.98. The lowest BCUT2D eigenvalue weighted by molar-refractivity contribution is 0.278. The van der Waals surface area contributed by atoms with Crippen molar-refractivity contribution in [2.24, 2.45) is 10.4 Å². The van der Waals surface area contributed by atoms with E-state index in [2.05, 4.69) is 69.1 Å². The number of guanidine groups is 1. The standard InChI is InChI=1S/C16H36N4.HI/c1-13(2)20(8)12-11-18-15(17-7)19-14(3)9-10-16(4,5)6;/h13-14H,9-12H2,1-8H3,(H2,17,18,19);1H. The van der Waals surface area contributed by atoms with Gasteiger partial charge in [0.2, 0.25) is 0 Å². The Morgan fingerprint density at radius 2 is 1.76 bits per heavy atom. The maximum atomic E-state index is 4.29. The van der Waals surface area contributed by atoms with Gasteiger partial charge >= 0.3 is 0 Å². The van der Waals surface area contributed by atoms with E-state index in [0.717, 1.165) is 25.5 Å². The summed E-state index contributed by atoms with van der Waals surface area (Å²) in [5.41, 5.74) is 0.396. The molecular formula is C16H37IN4. The van der Waals surface area contributed by atoms with E-state index in [1.807, 2.05) is 7.05 Å². The Bertz CT molecular complexity index is 284. The second-order valence-electron chi connectivity index (χ2n) is 7.22. The van der Waals surface area contributed by atoms with Gasteiger partial charge in [-0.3, -0.25) is 4.99 Å². The second-order valence-corrected chi connectivity index (χ2v) is 7.22. The van der Waals surface area contributed by atoms with Crippen LogP contribution in [0.15, 0.2) is 4.99 Å². The van der Waals surface area contributed by atoms with Crippen molar-refractivity contribution in [1.29, 1.82) is 0 Å². The van der Waals surface area contributed by atoms with Crippen molar-refractivity contribution in [2.75, 3.05) is 27.2 Å². The Kier molecular flexibility index (Phi) is 12.7. The quantitative estimate of drug-likeness (QED) is 0.383. The number of hydrogen-bond donors (Lipinski definition) is 2. The van der Waals surface area contributed by atoms with Gasteiger partial charge in [-0.15, -0.1) is 24.0 Å². The van der Waals surface area contributed by atoms with Crippen molar-refractivity contribution in [3.05, 3.63) is 0 Å². The lowest BCUT2D eigenvalue weighted by Crippen LogP contribution is -2.45. The summed E-state index contributed by atoms with van der Waals surface area (Å²) in [4.78, 5) is 6.61. The Hall–Kier alpha value is -0.0400. The van der Waals surface area contributed by atoms with Crippen molar-refractivity contribution in [1.82, 2.24) is 15.5 Å². The largest absolute Gasteiger partial charge is 0.355 e. The number of halogens is 1. The molecule has 1 atom stereocenters. The minimum atomic E-state index is 0. The Labute approximate surface area is 149 Å². The first-order valence-electron chi connectivity index (χ1n) is 7.83. The maximum absolute atomic E-state index is 4.29. The number of rotatable bonds is 7. The van der Waals surface area contributed by atoms with Gasteiger partial charge in [-0.05, 0) is 46.1 Å². The molecule has 0 aromatic heterocycles. The third-order valence-corrected chi connectivity index (χ3v) is 3.57. The molecule has 0 fully saturated rings. The van der Waals surface area contributed by atoms with E-state index in [4.69, 9.17) is 0 Å². The summed E-state index contributed by atoms with van der Waals surface area (Å²) in [6.45, 7) is 15.4. The van der Waals surface area contributed by atoms with Crippen LogP contribution in [0.3, 0.4) is 0 Å². The van der Waals surface area contributed by atoms with Crippen LogP contribution in [0.5, 0.6) is 0 Å². The SMILES string of the molecule is CN=C(NCCN(C)C(C)C)NC(C)CCC(C)(C)C.I. The van der Waals surface area contributed by atoms with Crippen molar-refractivity contribution in [2.45, 2.75) is 66.5 Å². The fourth-order valence-electron chi connectivity index (χ4n) is 1.76. The predicted molar refractivity (Wildman–Crippen MR) is 106 cm³/mol. The molecule has 4 nitrogen and oxygen atoms in total. The number of aliphatic imine (C=N–C) groups is 1. The molecule has 0 bridgehead atoms. The van der Waals surface area contributed by atoms with Crippen LogP contribution in [0, 0.1) is 5.41 Å². The average Bonchev–Trinajstić information content (AvgIpc) is 2.33. The van der Waals surface area contributed by atoms with Crippen LogP contribution in [0.25, 0.3) is 0 Å². The van der Waals surface area contributed by atoms with E-state index in [9.17, 15) is 0 Å². The van der Waals surface area contributed by atoms with Gasteiger partial charge in [-0.1, -0.05) is 20.8 Å². The van der Waals surface area contributed by atoms with Crippen molar-refractivity contribution < 1.29 is 0 Å². The highest BCUT2D eigenvalue weighted by atomic mass is 127. The van der Waals surface area contributed by atoms with Crippen molar-refractivity contribution >= 4 is 29.9 Å². The van der Waals surface area contributed by atoms with Gasteiger partial charge in [-0.25, -0.2) is 0 Å². The minimum absolute atomic E-state index is 0. The predicted octanol–water partition coefficient (Wildman–Crippen LogP) is 3.32. The molecule has 128 valence electrons. The smallest absolute Gasteiger partial charge is 0.191 e. The Morgan fingerprint density at radius 1 is 1.19 bits per heavy atom. The average molecular weight is 412 g/mol. The maximum Gasteiger partial charge on any atom is 0.191 e. The molecule has 0 spiro atoms. The molecule has 0 aromatic rings. The first kappa shape index (κ1) is 23.2. The van der Waals surface area contributed by atoms with Gasteiger partial charge in [0.25, 0.3) is 0 Å². The lowest BCUT2D eigenvalue weighted by Gasteiger charge is -2.24. The highest BCUT2D eigenvalue weighted by Gasteiger charge is 2.13. The molecule has 0 radical (unpaired) electrons. The van der Waals surface area contributed by atoms with Gasteiger partial charge in [0.05, 0.1) is 0 Å². The molecule has 21 heavy (non-hydrogen) atoms. The van der Waals surface area contributed by atoms with E-state index in [1.165, 1.54) is 6.42 Å². The fourth-order valence-corrected chi connectivity index (χ4v) is 1.76. The van der Waals surface area contributed by atoms with E-state index < -0.39 is 0 Å². The topological polar surface area (TPSA) is 39.7 Å². The number of nitrogens with zero attached hydrogens (tertiary/aromatic N) is 2. The van der Waals surface area contributed by atoms with Gasteiger partial charge in [0.15, 0.2) is 5.96 Å². The molecular weight excluding hydrogens is 375 g/mol. The van der Waals surface area contributed by atoms with E-state index in [1.54, 1.807) is 0 Å². The molecule has 0 aliphatic heterocycles. The van der Waals surface area contributed by atoms with E-state index in [-0.39, 0.29) is 24.0 Å². The van der Waals surface area contributed by atoms with Crippen LogP contribution in [-0.2, 0) is 0 Å². The fraction of sp³-hybridized carbons (Fsp3) is 0.938. The first-order valence-corrected chi connectivity index (χ1v) is 7.83. The van der Waals surface area contributed by atoms with Crippen LogP contribution in [-0.4, -0.2) is 50.1 Å². The molecule has 0 saturated heterocycles. The molecule has 0 aromatic carbocycles. The number of nitrogens with one attached hydrogen (secondary N) is 2. The van der Waals surface area contributed by atoms with Crippen molar-refractivity contribution in [3.8, 4) is 0 Å². The van der Waals surface area contributed by atoms with Crippen LogP contribution in [0.2, 0.25) is 0 Å². The van der Waals surface area contributed by atoms with E-state index in [0.29, 0.717) is 17.5 Å². The third kappa shape index (κ3) is 13.4. The zero-order chi connectivity index (χ0) is 15.8. The Balaban J connectivity index is 0. The zero-order valence-electron chi connectivity index (χ0n) is 15.3. The van der Waals surface area contributed by atoms with Crippen LogP contribution < -0.4 is 10.6 Å². The van der Waals surface area contributed by atoms with Crippen molar-refractivity contribution in [3.63, 3.8) is 0 Å². The third-order valence-electron chi connectivity index (χ3n) is 3.57. The normalized spacial score (nSPS) is 14.1. The molecule has 1 unspecified atom stereocenters. The zero-order valence-corrected chi connectivity index (χ0v) is 17.6. The second kappa shape index (κ2) is 11.5. The van der Waals surface area contributed by atoms with Crippen LogP contribution in [0.4, 0.5) is 0 Å². The highest BCUT2D eigenvalue weighted by molar-refractivity contribution is 14.0. The summed E-state index contributed by atoms with van der Waals surface area (Å²) in [6, 6.07) is 1.03. The minimum Gasteiger partial charge on any atom is -0.355 e. The molecule has 0 aliphatic rings. The van der Waals surface area contributed by atoms with Crippen LogP contribution in [0.1, 0.15) is 54.4 Å². The van der Waals surface area contributed by atoms with Gasteiger partial charge in [0, 0.05) is 32.2 Å².